The number of rotatable bonds is 6. The molecule has 5 nitrogen and oxygen atoms in total. The van der Waals surface area contributed by atoms with Crippen molar-refractivity contribution in [3.8, 4) is 0 Å². The highest BCUT2D eigenvalue weighted by Crippen LogP contribution is 2.40. The summed E-state index contributed by atoms with van der Waals surface area (Å²) in [4.78, 5) is 16.9. The average molecular weight is 419 g/mol. The zero-order chi connectivity index (χ0) is 22.8. The summed E-state index contributed by atoms with van der Waals surface area (Å²) in [6.45, 7) is 12.0. The van der Waals surface area contributed by atoms with Crippen LogP contribution in [0.25, 0.3) is 5.57 Å². The Hall–Kier alpha value is -3.08. The van der Waals surface area contributed by atoms with E-state index in [2.05, 4.69) is 68.3 Å². The predicted octanol–water partition coefficient (Wildman–Crippen LogP) is 5.24. The number of carbonyl (C=O) groups excluding carboxylic acids is 1. The van der Waals surface area contributed by atoms with Gasteiger partial charge in [0.1, 0.15) is 0 Å². The lowest BCUT2D eigenvalue weighted by molar-refractivity contribution is 0.0955. The van der Waals surface area contributed by atoms with Crippen LogP contribution >= 0.6 is 0 Å². The molecule has 2 aromatic rings. The van der Waals surface area contributed by atoms with Crippen LogP contribution in [0.2, 0.25) is 0 Å². The largest absolute Gasteiger partial charge is 0.378 e. The molecule has 0 saturated heterocycles. The molecule has 1 heterocycles. The Labute approximate surface area is 186 Å². The van der Waals surface area contributed by atoms with Gasteiger partial charge in [0.25, 0.3) is 5.91 Å². The van der Waals surface area contributed by atoms with Crippen molar-refractivity contribution < 1.29 is 4.79 Å². The number of allylic oxidation sites excluding steroid dienone is 1. The number of carbonyl (C=O) groups is 1. The van der Waals surface area contributed by atoms with Gasteiger partial charge in [0.2, 0.25) is 0 Å². The van der Waals surface area contributed by atoms with Crippen molar-refractivity contribution in [3.63, 3.8) is 0 Å². The maximum atomic E-state index is 12.5. The van der Waals surface area contributed by atoms with Crippen LogP contribution in [0.1, 0.15) is 61.2 Å². The normalized spacial score (nSPS) is 14.9. The van der Waals surface area contributed by atoms with Crippen molar-refractivity contribution in [2.24, 2.45) is 5.10 Å². The zero-order valence-electron chi connectivity index (χ0n) is 19.8. The summed E-state index contributed by atoms with van der Waals surface area (Å²) >= 11 is 0. The summed E-state index contributed by atoms with van der Waals surface area (Å²) in [5, 5.41) is 4.24. The molecule has 0 unspecified atom stereocenters. The monoisotopic (exact) mass is 418 g/mol. The molecule has 1 amide bonds. The molecular weight excluding hydrogens is 384 g/mol. The minimum Gasteiger partial charge on any atom is -0.378 e. The van der Waals surface area contributed by atoms with Gasteiger partial charge in [-0.3, -0.25) is 4.79 Å². The highest BCUT2D eigenvalue weighted by Gasteiger charge is 2.31. The summed E-state index contributed by atoms with van der Waals surface area (Å²) in [5.41, 5.74) is 10.1. The molecule has 31 heavy (non-hydrogen) atoms. The quantitative estimate of drug-likeness (QED) is 0.516. The number of nitrogens with one attached hydrogen (secondary N) is 1. The molecule has 0 atom stereocenters. The second kappa shape index (κ2) is 8.96. The third-order valence-electron chi connectivity index (χ3n) is 5.81. The molecule has 0 bridgehead atoms. The third kappa shape index (κ3) is 4.82. The van der Waals surface area contributed by atoms with Gasteiger partial charge in [0.15, 0.2) is 0 Å². The lowest BCUT2D eigenvalue weighted by atomic mass is 9.87. The number of aryl methyl sites for hydroxylation is 1. The summed E-state index contributed by atoms with van der Waals surface area (Å²) in [7, 11) is 3.90. The molecule has 0 fully saturated rings. The molecule has 1 aliphatic heterocycles. The van der Waals surface area contributed by atoms with Gasteiger partial charge in [-0.1, -0.05) is 19.1 Å². The number of hydrogen-bond acceptors (Lipinski definition) is 4. The Morgan fingerprint density at radius 1 is 1.19 bits per heavy atom. The number of amides is 1. The second-order valence-corrected chi connectivity index (χ2v) is 9.00. The van der Waals surface area contributed by atoms with Crippen LogP contribution in [-0.2, 0) is 0 Å². The van der Waals surface area contributed by atoms with Crippen LogP contribution in [0, 0.1) is 6.92 Å². The standard InChI is InChI=1S/C26H34N4O/c1-8-12-30-24-13-18(2)21(15-23(24)19(3)16-26(30,4)5)17-27-28-25(31)20-10-9-11-22(14-20)29(6)7/h9-11,13-17H,8,12H2,1-7H3,(H,28,31)/b27-17-. The summed E-state index contributed by atoms with van der Waals surface area (Å²) in [6, 6.07) is 11.9. The molecule has 5 heteroatoms. The number of nitrogens with zero attached hydrogens (tertiary/aromatic N) is 3. The average Bonchev–Trinajstić information content (AvgIpc) is 2.71. The Morgan fingerprint density at radius 3 is 2.61 bits per heavy atom. The summed E-state index contributed by atoms with van der Waals surface area (Å²) < 4.78 is 0. The van der Waals surface area contributed by atoms with Crippen molar-refractivity contribution in [3.05, 3.63) is 64.7 Å². The maximum absolute atomic E-state index is 12.5. The van der Waals surface area contributed by atoms with Crippen molar-refractivity contribution in [1.29, 1.82) is 0 Å². The highest BCUT2D eigenvalue weighted by molar-refractivity contribution is 5.96. The molecule has 2 aromatic carbocycles. The van der Waals surface area contributed by atoms with E-state index in [0.29, 0.717) is 5.56 Å². The first-order valence-electron chi connectivity index (χ1n) is 10.9. The van der Waals surface area contributed by atoms with Gasteiger partial charge in [-0.05, 0) is 81.1 Å². The van der Waals surface area contributed by atoms with E-state index in [1.807, 2.05) is 37.2 Å². The molecule has 3 rings (SSSR count). The minimum atomic E-state index is -0.220. The molecular formula is C26H34N4O. The van der Waals surface area contributed by atoms with E-state index in [-0.39, 0.29) is 11.4 Å². The molecule has 164 valence electrons. The van der Waals surface area contributed by atoms with E-state index in [1.54, 1.807) is 12.3 Å². The van der Waals surface area contributed by atoms with E-state index in [4.69, 9.17) is 0 Å². The lowest BCUT2D eigenvalue weighted by Gasteiger charge is -2.43. The van der Waals surface area contributed by atoms with E-state index >= 15 is 0 Å². The van der Waals surface area contributed by atoms with E-state index < -0.39 is 0 Å². The molecule has 0 aliphatic carbocycles. The number of hydrazone groups is 1. The van der Waals surface area contributed by atoms with Gasteiger partial charge in [0.05, 0.1) is 11.8 Å². The van der Waals surface area contributed by atoms with Gasteiger partial charge in [-0.15, -0.1) is 0 Å². The summed E-state index contributed by atoms with van der Waals surface area (Å²) in [5.74, 6) is -0.220. The van der Waals surface area contributed by atoms with E-state index in [1.165, 1.54) is 16.8 Å². The van der Waals surface area contributed by atoms with Gasteiger partial charge in [-0.25, -0.2) is 5.43 Å². The van der Waals surface area contributed by atoms with Gasteiger partial charge in [0, 0.05) is 43.1 Å². The number of fused-ring (bicyclic) bond motifs is 1. The molecule has 1 N–H and O–H groups in total. The van der Waals surface area contributed by atoms with Gasteiger partial charge in [-0.2, -0.15) is 5.10 Å². The molecule has 0 radical (unpaired) electrons. The molecule has 1 aliphatic rings. The van der Waals surface area contributed by atoms with Crippen LogP contribution in [0.3, 0.4) is 0 Å². The number of benzene rings is 2. The van der Waals surface area contributed by atoms with E-state index in [9.17, 15) is 4.79 Å². The smallest absolute Gasteiger partial charge is 0.271 e. The third-order valence-corrected chi connectivity index (χ3v) is 5.81. The minimum absolute atomic E-state index is 0.00971. The first-order valence-corrected chi connectivity index (χ1v) is 10.9. The van der Waals surface area contributed by atoms with Gasteiger partial charge >= 0.3 is 0 Å². The van der Waals surface area contributed by atoms with Crippen LogP contribution < -0.4 is 15.2 Å². The highest BCUT2D eigenvalue weighted by atomic mass is 16.2. The van der Waals surface area contributed by atoms with Crippen LogP contribution in [0.4, 0.5) is 11.4 Å². The Balaban J connectivity index is 1.83. The van der Waals surface area contributed by atoms with Gasteiger partial charge < -0.3 is 9.80 Å². The fourth-order valence-corrected chi connectivity index (χ4v) is 4.17. The first kappa shape index (κ1) is 22.6. The fraction of sp³-hybridized carbons (Fsp3) is 0.385. The Morgan fingerprint density at radius 2 is 1.94 bits per heavy atom. The lowest BCUT2D eigenvalue weighted by Crippen LogP contribution is -2.45. The molecule has 0 saturated carbocycles. The SMILES string of the molecule is CCCN1c2cc(C)c(/C=N\NC(=O)c3cccc(N(C)C)c3)cc2C(C)=CC1(C)C. The van der Waals surface area contributed by atoms with Crippen LogP contribution in [-0.4, -0.2) is 38.3 Å². The van der Waals surface area contributed by atoms with Crippen molar-refractivity contribution >= 4 is 29.1 Å². The van der Waals surface area contributed by atoms with Crippen LogP contribution in [0.15, 0.2) is 47.6 Å². The van der Waals surface area contributed by atoms with Crippen molar-refractivity contribution in [2.45, 2.75) is 46.6 Å². The van der Waals surface area contributed by atoms with Crippen LogP contribution in [0.5, 0.6) is 0 Å². The second-order valence-electron chi connectivity index (χ2n) is 9.00. The Bertz CT molecular complexity index is 1030. The fourth-order valence-electron chi connectivity index (χ4n) is 4.17. The molecule has 0 aromatic heterocycles. The first-order chi connectivity index (χ1) is 14.6. The van der Waals surface area contributed by atoms with Crippen molar-refractivity contribution in [2.75, 3.05) is 30.4 Å². The number of anilines is 2. The Kier molecular flexibility index (Phi) is 6.54. The summed E-state index contributed by atoms with van der Waals surface area (Å²) in [6.07, 6.45) is 5.17. The number of hydrogen-bond donors (Lipinski definition) is 1. The molecule has 0 spiro atoms. The van der Waals surface area contributed by atoms with Crippen molar-refractivity contribution in [1.82, 2.24) is 5.43 Å². The maximum Gasteiger partial charge on any atom is 0.271 e. The zero-order valence-corrected chi connectivity index (χ0v) is 19.8. The topological polar surface area (TPSA) is 47.9 Å². The van der Waals surface area contributed by atoms with E-state index in [0.717, 1.165) is 29.8 Å². The predicted molar refractivity (Wildman–Crippen MR) is 132 cm³/mol.